The maximum absolute atomic E-state index is 7.16. The number of fused-ring (bicyclic) bond motifs is 1. The van der Waals surface area contributed by atoms with Crippen LogP contribution in [0.2, 0.25) is 0 Å². The van der Waals surface area contributed by atoms with Gasteiger partial charge >= 0.3 is 29.9 Å². The summed E-state index contributed by atoms with van der Waals surface area (Å²) in [5.74, 6) is 1.70. The summed E-state index contributed by atoms with van der Waals surface area (Å²) in [7, 11) is 0. The van der Waals surface area contributed by atoms with Crippen LogP contribution in [0.1, 0.15) is 84.5 Å². The summed E-state index contributed by atoms with van der Waals surface area (Å²) in [6.07, 6.45) is 21.9. The van der Waals surface area contributed by atoms with E-state index in [1.54, 1.807) is 5.57 Å². The molecule has 0 aromatic rings. The summed E-state index contributed by atoms with van der Waals surface area (Å²) in [6, 6.07) is 0. The maximum atomic E-state index is 7.16. The summed E-state index contributed by atoms with van der Waals surface area (Å²) in [5, 5.41) is 0. The van der Waals surface area contributed by atoms with Crippen LogP contribution in [0.4, 0.5) is 0 Å². The van der Waals surface area contributed by atoms with E-state index in [1.807, 2.05) is 6.94 Å². The van der Waals surface area contributed by atoms with E-state index in [4.69, 9.17) is 5.73 Å². The molecule has 1 fully saturated rings. The van der Waals surface area contributed by atoms with Crippen LogP contribution in [-0.2, 0) is 23.0 Å². The molecule has 150 valence electrons. The number of hydrogen-bond donors (Lipinski definition) is 0. The first-order valence-electron chi connectivity index (χ1n) is 10.0. The fraction of sp³-hybridized carbons (Fsp3) is 0.810. The zero-order chi connectivity index (χ0) is 17.8. The van der Waals surface area contributed by atoms with Crippen molar-refractivity contribution >= 4 is 6.94 Å². The molecule has 2 unspecified atom stereocenters. The molecule has 0 bridgehead atoms. The minimum absolute atomic E-state index is 0. The van der Waals surface area contributed by atoms with Crippen molar-refractivity contribution in [3.05, 3.63) is 29.5 Å². The Morgan fingerprint density at radius 3 is 2.19 bits per heavy atom. The van der Waals surface area contributed by atoms with E-state index in [0.717, 1.165) is 18.3 Å². The van der Waals surface area contributed by atoms with Crippen molar-refractivity contribution in [2.75, 3.05) is 6.54 Å². The molecule has 2 aliphatic rings. The van der Waals surface area contributed by atoms with Gasteiger partial charge in [-0.15, -0.1) is 0 Å². The molecule has 2 atom stereocenters. The third-order valence-electron chi connectivity index (χ3n) is 5.96. The third kappa shape index (κ3) is 10.0. The van der Waals surface area contributed by atoms with Gasteiger partial charge in [0.2, 0.25) is 0 Å². The molecule has 0 saturated heterocycles. The van der Waals surface area contributed by atoms with E-state index in [2.05, 4.69) is 32.1 Å². The van der Waals surface area contributed by atoms with Gasteiger partial charge in [0.25, 0.3) is 0 Å². The molecule has 1 nitrogen and oxygen atoms in total. The fourth-order valence-corrected chi connectivity index (χ4v) is 4.52. The van der Waals surface area contributed by atoms with E-state index < -0.39 is 0 Å². The quantitative estimate of drug-likeness (QED) is 0.260. The van der Waals surface area contributed by atoms with E-state index >= 15 is 0 Å². The molecular formula is C21H38Cl2HfNSi-. The average Bonchev–Trinajstić information content (AvgIpc) is 3.04. The molecule has 0 spiro atoms. The molecule has 0 aromatic heterocycles. The first-order chi connectivity index (χ1) is 11.6. The number of hydrogen-bond acceptors (Lipinski definition) is 0. The van der Waals surface area contributed by atoms with Crippen LogP contribution in [0, 0.1) is 17.3 Å². The van der Waals surface area contributed by atoms with Crippen molar-refractivity contribution in [1.82, 2.24) is 0 Å². The number of rotatable bonds is 10. The van der Waals surface area contributed by atoms with Gasteiger partial charge in [-0.05, 0) is 42.9 Å². The topological polar surface area (TPSA) is 23.8 Å². The molecular weight excluding hydrogens is 544 g/mol. The predicted octanol–water partition coefficient (Wildman–Crippen LogP) is 0.187. The van der Waals surface area contributed by atoms with E-state index in [0.29, 0.717) is 12.0 Å². The van der Waals surface area contributed by atoms with Gasteiger partial charge in [0.05, 0.1) is 0 Å². The van der Waals surface area contributed by atoms with Gasteiger partial charge < -0.3 is 30.5 Å². The second-order valence-corrected chi connectivity index (χ2v) is 8.12. The zero-order valence-corrected chi connectivity index (χ0v) is 23.4. The fourth-order valence-electron chi connectivity index (χ4n) is 4.52. The van der Waals surface area contributed by atoms with E-state index in [9.17, 15) is 0 Å². The summed E-state index contributed by atoms with van der Waals surface area (Å²) in [6.45, 7) is 7.63. The Balaban J connectivity index is 0. The molecule has 2 aliphatic carbocycles. The molecule has 2 rings (SSSR count). The number of nitrogens with one attached hydrogen (secondary N) is 1. The molecule has 0 aliphatic heterocycles. The molecule has 26 heavy (non-hydrogen) atoms. The van der Waals surface area contributed by atoms with E-state index in [1.165, 1.54) is 87.2 Å². The summed E-state index contributed by atoms with van der Waals surface area (Å²) < 4.78 is 0. The van der Waals surface area contributed by atoms with Gasteiger partial charge in [0.1, 0.15) is 0 Å². The molecule has 0 radical (unpaired) electrons. The summed E-state index contributed by atoms with van der Waals surface area (Å²) in [5.41, 5.74) is 9.40. The zero-order valence-electron chi connectivity index (χ0n) is 16.8. The van der Waals surface area contributed by atoms with Gasteiger partial charge in [-0.2, -0.15) is 6.54 Å². The van der Waals surface area contributed by atoms with Crippen molar-refractivity contribution in [3.63, 3.8) is 0 Å². The number of allylic oxidation sites excluding steroid dienone is 4. The van der Waals surface area contributed by atoms with Gasteiger partial charge in [0.15, 0.2) is 0 Å². The van der Waals surface area contributed by atoms with Gasteiger partial charge in [-0.25, -0.2) is 0 Å². The van der Waals surface area contributed by atoms with Crippen LogP contribution >= 0.6 is 0 Å². The Hall–Kier alpha value is 1.11. The van der Waals surface area contributed by atoms with Crippen LogP contribution in [0.25, 0.3) is 5.73 Å². The van der Waals surface area contributed by atoms with Crippen molar-refractivity contribution in [1.29, 1.82) is 0 Å². The van der Waals surface area contributed by atoms with Crippen LogP contribution in [0.3, 0.4) is 0 Å². The predicted molar refractivity (Wildman–Crippen MR) is 107 cm³/mol. The second-order valence-electron chi connectivity index (χ2n) is 8.12. The normalized spacial score (nSPS) is 20.9. The Morgan fingerprint density at radius 2 is 1.58 bits per heavy atom. The number of halogens is 2. The SMILES string of the molecule is CC(C)(CCCCCCCCC[NH-])C1CCC2CC=CC=C21.[Cl-].[Cl-].[SiH2]=[Hf+2]. The Morgan fingerprint density at radius 1 is 1.00 bits per heavy atom. The first-order valence-corrected chi connectivity index (χ1v) is 18.3. The summed E-state index contributed by atoms with van der Waals surface area (Å²) >= 11 is 1.33. The van der Waals surface area contributed by atoms with Crippen molar-refractivity contribution < 1.29 is 47.8 Å². The van der Waals surface area contributed by atoms with Gasteiger partial charge in [-0.1, -0.05) is 82.6 Å². The van der Waals surface area contributed by atoms with Crippen LogP contribution in [-0.4, -0.2) is 13.5 Å². The average molecular weight is 582 g/mol. The van der Waals surface area contributed by atoms with Crippen molar-refractivity contribution in [2.45, 2.75) is 84.5 Å². The van der Waals surface area contributed by atoms with Crippen molar-refractivity contribution in [2.24, 2.45) is 17.3 Å². The molecule has 0 heterocycles. The van der Waals surface area contributed by atoms with E-state index in [-0.39, 0.29) is 24.8 Å². The third-order valence-corrected chi connectivity index (χ3v) is 5.96. The second kappa shape index (κ2) is 17.0. The van der Waals surface area contributed by atoms with Gasteiger partial charge in [0, 0.05) is 0 Å². The molecule has 0 amide bonds. The summed E-state index contributed by atoms with van der Waals surface area (Å²) in [4.78, 5) is 0. The Kier molecular flexibility index (Phi) is 19.2. The molecule has 1 saturated carbocycles. The monoisotopic (exact) mass is 582 g/mol. The molecule has 1 N–H and O–H groups in total. The van der Waals surface area contributed by atoms with Crippen LogP contribution in [0.15, 0.2) is 23.8 Å². The Labute approximate surface area is 191 Å². The van der Waals surface area contributed by atoms with Crippen LogP contribution in [0.5, 0.6) is 0 Å². The number of unbranched alkanes of at least 4 members (excludes halogenated alkanes) is 6. The van der Waals surface area contributed by atoms with Crippen LogP contribution < -0.4 is 24.8 Å². The van der Waals surface area contributed by atoms with Crippen molar-refractivity contribution in [3.8, 4) is 0 Å². The standard InChI is InChI=1S/C21H36N.2ClH.Hf.H2Si/c1-21(2,16-10-6-4-3-5-7-11-17-22)20-15-14-18-12-8-9-13-19(18)20;;;;/h8-9,13,18,20,22H,3-7,10-12,14-17H2,1-2H3;2*1H;;1H2/q-1;;;+2;/p-2. The Bertz CT molecular complexity index is 413. The minimum atomic E-state index is 0. The molecule has 5 heteroatoms. The van der Waals surface area contributed by atoms with Gasteiger partial charge in [-0.3, -0.25) is 0 Å². The first kappa shape index (κ1) is 29.3. The molecule has 0 aromatic carbocycles.